The van der Waals surface area contributed by atoms with Gasteiger partial charge in [-0.2, -0.15) is 0 Å². The third kappa shape index (κ3) is 3.43. The summed E-state index contributed by atoms with van der Waals surface area (Å²) in [5, 5.41) is 4.82. The second-order valence-corrected chi connectivity index (χ2v) is 4.33. The number of pyridine rings is 1. The van der Waals surface area contributed by atoms with Crippen molar-refractivity contribution < 1.29 is 9.53 Å². The number of amides is 1. The van der Waals surface area contributed by atoms with Crippen LogP contribution in [0.25, 0.3) is 10.8 Å². The first kappa shape index (κ1) is 13.8. The Balaban J connectivity index is 2.14. The predicted molar refractivity (Wildman–Crippen MR) is 75.6 cm³/mol. The average molecular weight is 279 g/mol. The number of carbonyl (C=O) groups is 1. The zero-order chi connectivity index (χ0) is 13.7. The van der Waals surface area contributed by atoms with E-state index in [1.54, 1.807) is 6.07 Å². The molecule has 1 heterocycles. The van der Waals surface area contributed by atoms with Gasteiger partial charge in [0.25, 0.3) is 5.91 Å². The van der Waals surface area contributed by atoms with Crippen LogP contribution in [0.1, 0.15) is 17.4 Å². The molecule has 2 rings (SSSR count). The second-order valence-electron chi connectivity index (χ2n) is 3.97. The van der Waals surface area contributed by atoms with Crippen LogP contribution in [0.15, 0.2) is 30.3 Å². The Morgan fingerprint density at radius 2 is 2.21 bits per heavy atom. The number of nitrogens with one attached hydrogen (secondary N) is 1. The van der Waals surface area contributed by atoms with Gasteiger partial charge >= 0.3 is 0 Å². The molecule has 0 atom stereocenters. The van der Waals surface area contributed by atoms with Crippen molar-refractivity contribution in [1.29, 1.82) is 0 Å². The first-order valence-corrected chi connectivity index (χ1v) is 6.51. The van der Waals surface area contributed by atoms with Gasteiger partial charge in [-0.25, -0.2) is 4.98 Å². The standard InChI is InChI=1S/C14H15ClN2O2/c1-2-19-8-7-16-14(18)12-9-10-5-3-4-6-11(10)13(15)17-12/h3-6,9H,2,7-8H2,1H3,(H,16,18). The molecule has 0 fully saturated rings. The highest BCUT2D eigenvalue weighted by Gasteiger charge is 2.10. The van der Waals surface area contributed by atoms with Crippen LogP contribution in [0.4, 0.5) is 0 Å². The minimum absolute atomic E-state index is 0.243. The van der Waals surface area contributed by atoms with Crippen LogP contribution < -0.4 is 5.32 Å². The number of aromatic nitrogens is 1. The molecule has 1 aromatic heterocycles. The van der Waals surface area contributed by atoms with Crippen molar-refractivity contribution >= 4 is 28.3 Å². The number of benzene rings is 1. The largest absolute Gasteiger partial charge is 0.380 e. The Hall–Kier alpha value is -1.65. The number of hydrogen-bond donors (Lipinski definition) is 1. The Labute approximate surface area is 116 Å². The van der Waals surface area contributed by atoms with E-state index in [-0.39, 0.29) is 5.91 Å². The molecule has 5 heteroatoms. The molecule has 4 nitrogen and oxygen atoms in total. The predicted octanol–water partition coefficient (Wildman–Crippen LogP) is 2.65. The SMILES string of the molecule is CCOCCNC(=O)c1cc2ccccc2c(Cl)n1. The van der Waals surface area contributed by atoms with Crippen LogP contribution in [0, 0.1) is 0 Å². The van der Waals surface area contributed by atoms with Crippen LogP contribution in [0.3, 0.4) is 0 Å². The summed E-state index contributed by atoms with van der Waals surface area (Å²) in [6.07, 6.45) is 0. The van der Waals surface area contributed by atoms with Gasteiger partial charge in [0.2, 0.25) is 0 Å². The summed E-state index contributed by atoms with van der Waals surface area (Å²) in [6, 6.07) is 9.30. The van der Waals surface area contributed by atoms with E-state index in [1.807, 2.05) is 31.2 Å². The number of ether oxygens (including phenoxy) is 1. The maximum Gasteiger partial charge on any atom is 0.270 e. The van der Waals surface area contributed by atoms with Crippen LogP contribution in [0.5, 0.6) is 0 Å². The summed E-state index contributed by atoms with van der Waals surface area (Å²) in [7, 11) is 0. The highest BCUT2D eigenvalue weighted by Crippen LogP contribution is 2.22. The average Bonchev–Trinajstić information content (AvgIpc) is 2.43. The van der Waals surface area contributed by atoms with Gasteiger partial charge in [0.05, 0.1) is 6.61 Å². The van der Waals surface area contributed by atoms with Gasteiger partial charge in [-0.15, -0.1) is 0 Å². The maximum absolute atomic E-state index is 11.9. The van der Waals surface area contributed by atoms with E-state index < -0.39 is 0 Å². The molecular formula is C14H15ClN2O2. The van der Waals surface area contributed by atoms with Crippen LogP contribution in [-0.4, -0.2) is 30.6 Å². The molecule has 0 radical (unpaired) electrons. The molecule has 0 unspecified atom stereocenters. The molecule has 0 saturated heterocycles. The number of nitrogens with zero attached hydrogens (tertiary/aromatic N) is 1. The number of fused-ring (bicyclic) bond motifs is 1. The summed E-state index contributed by atoms with van der Waals surface area (Å²) in [5.74, 6) is -0.243. The molecule has 1 amide bonds. The molecule has 0 aliphatic carbocycles. The van der Waals surface area contributed by atoms with E-state index in [0.29, 0.717) is 30.6 Å². The van der Waals surface area contributed by atoms with Gasteiger partial charge in [0.15, 0.2) is 0 Å². The fourth-order valence-electron chi connectivity index (χ4n) is 1.74. The van der Waals surface area contributed by atoms with Gasteiger partial charge in [-0.05, 0) is 18.4 Å². The fraction of sp³-hybridized carbons (Fsp3) is 0.286. The molecule has 0 spiro atoms. The van der Waals surface area contributed by atoms with E-state index in [1.165, 1.54) is 0 Å². The van der Waals surface area contributed by atoms with Crippen molar-refractivity contribution in [3.8, 4) is 0 Å². The van der Waals surface area contributed by atoms with Crippen LogP contribution in [-0.2, 0) is 4.74 Å². The Kier molecular flexibility index (Phi) is 4.71. The number of carbonyl (C=O) groups excluding carboxylic acids is 1. The lowest BCUT2D eigenvalue weighted by Crippen LogP contribution is -2.28. The van der Waals surface area contributed by atoms with Gasteiger partial charge < -0.3 is 10.1 Å². The third-order valence-electron chi connectivity index (χ3n) is 2.66. The molecule has 0 bridgehead atoms. The minimum Gasteiger partial charge on any atom is -0.380 e. The number of rotatable bonds is 5. The van der Waals surface area contributed by atoms with Crippen molar-refractivity contribution in [1.82, 2.24) is 10.3 Å². The van der Waals surface area contributed by atoms with Gasteiger partial charge in [0.1, 0.15) is 10.8 Å². The lowest BCUT2D eigenvalue weighted by Gasteiger charge is -2.07. The fourth-order valence-corrected chi connectivity index (χ4v) is 2.01. The highest BCUT2D eigenvalue weighted by molar-refractivity contribution is 6.34. The van der Waals surface area contributed by atoms with Crippen molar-refractivity contribution in [3.05, 3.63) is 41.2 Å². The van der Waals surface area contributed by atoms with Crippen LogP contribution >= 0.6 is 11.6 Å². The van der Waals surface area contributed by atoms with E-state index >= 15 is 0 Å². The zero-order valence-electron chi connectivity index (χ0n) is 10.6. The van der Waals surface area contributed by atoms with Crippen molar-refractivity contribution in [2.24, 2.45) is 0 Å². The molecule has 0 saturated carbocycles. The summed E-state index contributed by atoms with van der Waals surface area (Å²) >= 11 is 6.07. The minimum atomic E-state index is -0.243. The lowest BCUT2D eigenvalue weighted by atomic mass is 10.1. The normalized spacial score (nSPS) is 10.6. The summed E-state index contributed by atoms with van der Waals surface area (Å²) in [5.41, 5.74) is 0.320. The number of halogens is 1. The molecule has 0 aliphatic heterocycles. The molecule has 1 N–H and O–H groups in total. The molecule has 0 aliphatic rings. The molecular weight excluding hydrogens is 264 g/mol. The van der Waals surface area contributed by atoms with Gasteiger partial charge in [-0.3, -0.25) is 4.79 Å². The van der Waals surface area contributed by atoms with E-state index in [4.69, 9.17) is 16.3 Å². The molecule has 19 heavy (non-hydrogen) atoms. The highest BCUT2D eigenvalue weighted by atomic mass is 35.5. The molecule has 100 valence electrons. The summed E-state index contributed by atoms with van der Waals surface area (Å²) in [6.45, 7) is 3.49. The Morgan fingerprint density at radius 3 is 3.00 bits per heavy atom. The topological polar surface area (TPSA) is 51.2 Å². The van der Waals surface area contributed by atoms with Crippen LogP contribution in [0.2, 0.25) is 5.15 Å². The molecule has 2 aromatic rings. The first-order chi connectivity index (χ1) is 9.22. The molecule has 1 aromatic carbocycles. The van der Waals surface area contributed by atoms with Crippen molar-refractivity contribution in [3.63, 3.8) is 0 Å². The summed E-state index contributed by atoms with van der Waals surface area (Å²) in [4.78, 5) is 16.0. The monoisotopic (exact) mass is 278 g/mol. The van der Waals surface area contributed by atoms with Crippen molar-refractivity contribution in [2.45, 2.75) is 6.92 Å². The first-order valence-electron chi connectivity index (χ1n) is 6.13. The quantitative estimate of drug-likeness (QED) is 0.676. The Morgan fingerprint density at radius 1 is 1.42 bits per heavy atom. The maximum atomic E-state index is 11.9. The van der Waals surface area contributed by atoms with Crippen molar-refractivity contribution in [2.75, 3.05) is 19.8 Å². The zero-order valence-corrected chi connectivity index (χ0v) is 11.4. The smallest absolute Gasteiger partial charge is 0.270 e. The Bertz CT molecular complexity index is 587. The van der Waals surface area contributed by atoms with E-state index in [9.17, 15) is 4.79 Å². The van der Waals surface area contributed by atoms with Gasteiger partial charge in [0, 0.05) is 18.5 Å². The van der Waals surface area contributed by atoms with E-state index in [2.05, 4.69) is 10.3 Å². The third-order valence-corrected chi connectivity index (χ3v) is 2.95. The lowest BCUT2D eigenvalue weighted by molar-refractivity contribution is 0.0918. The summed E-state index contributed by atoms with van der Waals surface area (Å²) < 4.78 is 5.15. The second kappa shape index (κ2) is 6.50. The van der Waals surface area contributed by atoms with Gasteiger partial charge in [-0.1, -0.05) is 35.9 Å². The van der Waals surface area contributed by atoms with E-state index in [0.717, 1.165) is 10.8 Å². The number of hydrogen-bond acceptors (Lipinski definition) is 3.